The van der Waals surface area contributed by atoms with Crippen molar-refractivity contribution >= 4 is 11.9 Å². The number of hydrogen-bond donors (Lipinski definition) is 1. The molecule has 0 saturated heterocycles. The molecule has 0 aromatic heterocycles. The molecule has 0 spiro atoms. The monoisotopic (exact) mass is 242 g/mol. The average molecular weight is 242 g/mol. The molecular weight excluding hydrogens is 231 g/mol. The molecule has 0 atom stereocenters. The summed E-state index contributed by atoms with van der Waals surface area (Å²) in [5.74, 6) is -1.29. The molecule has 0 radical (unpaired) electrons. The minimum atomic E-state index is -0.573. The van der Waals surface area contributed by atoms with E-state index in [1.54, 1.807) is 6.08 Å². The van der Waals surface area contributed by atoms with Crippen molar-refractivity contribution in [1.29, 1.82) is 0 Å². The fourth-order valence-electron chi connectivity index (χ4n) is 1.54. The van der Waals surface area contributed by atoms with Gasteiger partial charge in [0.25, 0.3) is 0 Å². The summed E-state index contributed by atoms with van der Waals surface area (Å²) in [6, 6.07) is 12.6. The van der Waals surface area contributed by atoms with Gasteiger partial charge < -0.3 is 5.11 Å². The summed E-state index contributed by atoms with van der Waals surface area (Å²) in [4.78, 5) is 11.8. The number of phenols is 1. The summed E-state index contributed by atoms with van der Waals surface area (Å²) in [7, 11) is 0. The van der Waals surface area contributed by atoms with Crippen LogP contribution in [0.2, 0.25) is 0 Å². The van der Waals surface area contributed by atoms with Crippen LogP contribution in [0.1, 0.15) is 15.9 Å². The molecule has 2 aromatic rings. The van der Waals surface area contributed by atoms with Crippen LogP contribution < -0.4 is 0 Å². The summed E-state index contributed by atoms with van der Waals surface area (Å²) >= 11 is 0. The second-order valence-electron chi connectivity index (χ2n) is 3.77. The van der Waals surface area contributed by atoms with Gasteiger partial charge in [-0.1, -0.05) is 36.4 Å². The number of hydrogen-bond acceptors (Lipinski definition) is 2. The van der Waals surface area contributed by atoms with E-state index in [0.717, 1.165) is 17.7 Å². The molecule has 0 aliphatic carbocycles. The third kappa shape index (κ3) is 2.83. The number of aromatic hydroxyl groups is 1. The highest BCUT2D eigenvalue weighted by molar-refractivity contribution is 6.08. The lowest BCUT2D eigenvalue weighted by molar-refractivity contribution is 0.104. The fourth-order valence-corrected chi connectivity index (χ4v) is 1.54. The Labute approximate surface area is 104 Å². The Morgan fingerprint density at radius 1 is 1.11 bits per heavy atom. The maximum absolute atomic E-state index is 12.8. The largest absolute Gasteiger partial charge is 0.507 e. The number of carbonyl (C=O) groups excluding carboxylic acids is 1. The molecule has 0 fully saturated rings. The van der Waals surface area contributed by atoms with E-state index in [2.05, 4.69) is 0 Å². The van der Waals surface area contributed by atoms with Gasteiger partial charge in [0, 0.05) is 6.07 Å². The Balaban J connectivity index is 2.20. The van der Waals surface area contributed by atoms with Crippen LogP contribution in [0.4, 0.5) is 4.39 Å². The maximum Gasteiger partial charge on any atom is 0.189 e. The van der Waals surface area contributed by atoms with Gasteiger partial charge in [0.05, 0.1) is 5.56 Å². The van der Waals surface area contributed by atoms with Gasteiger partial charge in [-0.25, -0.2) is 4.39 Å². The van der Waals surface area contributed by atoms with Crippen LogP contribution in [0.5, 0.6) is 5.75 Å². The van der Waals surface area contributed by atoms with Gasteiger partial charge in [0.1, 0.15) is 11.6 Å². The zero-order valence-electron chi connectivity index (χ0n) is 9.51. The highest BCUT2D eigenvalue weighted by atomic mass is 19.1. The lowest BCUT2D eigenvalue weighted by Gasteiger charge is -2.00. The molecule has 2 rings (SSSR count). The summed E-state index contributed by atoms with van der Waals surface area (Å²) in [6.07, 6.45) is 2.99. The molecule has 0 aliphatic heterocycles. The molecule has 3 heteroatoms. The summed E-state index contributed by atoms with van der Waals surface area (Å²) in [5.41, 5.74) is 0.969. The van der Waals surface area contributed by atoms with Gasteiger partial charge in [0.15, 0.2) is 5.78 Å². The Bertz CT molecular complexity index is 589. The first-order valence-corrected chi connectivity index (χ1v) is 5.43. The standard InChI is InChI=1S/C15H11FO2/c16-12-7-8-13(15(18)10-12)14(17)9-6-11-4-2-1-3-5-11/h1-10,18H. The van der Waals surface area contributed by atoms with Crippen LogP contribution in [-0.2, 0) is 0 Å². The minimum absolute atomic E-state index is 0.0866. The van der Waals surface area contributed by atoms with Crippen molar-refractivity contribution in [2.75, 3.05) is 0 Å². The van der Waals surface area contributed by atoms with Gasteiger partial charge in [-0.05, 0) is 23.8 Å². The maximum atomic E-state index is 12.8. The number of allylic oxidation sites excluding steroid dienone is 1. The van der Waals surface area contributed by atoms with E-state index in [4.69, 9.17) is 0 Å². The van der Waals surface area contributed by atoms with E-state index in [9.17, 15) is 14.3 Å². The minimum Gasteiger partial charge on any atom is -0.507 e. The van der Waals surface area contributed by atoms with Gasteiger partial charge in [0.2, 0.25) is 0 Å². The summed E-state index contributed by atoms with van der Waals surface area (Å²) < 4.78 is 12.8. The topological polar surface area (TPSA) is 37.3 Å². The van der Waals surface area contributed by atoms with Crippen LogP contribution >= 0.6 is 0 Å². The van der Waals surface area contributed by atoms with Crippen LogP contribution in [0.25, 0.3) is 6.08 Å². The average Bonchev–Trinajstić information content (AvgIpc) is 2.37. The number of rotatable bonds is 3. The van der Waals surface area contributed by atoms with E-state index in [0.29, 0.717) is 0 Å². The molecule has 1 N–H and O–H groups in total. The Kier molecular flexibility index (Phi) is 3.53. The van der Waals surface area contributed by atoms with E-state index < -0.39 is 5.82 Å². The van der Waals surface area contributed by atoms with Crippen LogP contribution in [0.3, 0.4) is 0 Å². The van der Waals surface area contributed by atoms with Crippen molar-refractivity contribution in [3.63, 3.8) is 0 Å². The van der Waals surface area contributed by atoms with Crippen molar-refractivity contribution in [3.8, 4) is 5.75 Å². The zero-order chi connectivity index (χ0) is 13.0. The second-order valence-corrected chi connectivity index (χ2v) is 3.77. The van der Waals surface area contributed by atoms with Crippen molar-refractivity contribution in [1.82, 2.24) is 0 Å². The van der Waals surface area contributed by atoms with E-state index >= 15 is 0 Å². The van der Waals surface area contributed by atoms with Gasteiger partial charge in [-0.15, -0.1) is 0 Å². The first-order chi connectivity index (χ1) is 8.66. The molecule has 0 heterocycles. The molecule has 0 bridgehead atoms. The van der Waals surface area contributed by atoms with Crippen LogP contribution in [0, 0.1) is 5.82 Å². The summed E-state index contributed by atoms with van der Waals surface area (Å²) in [5, 5.41) is 9.46. The zero-order valence-corrected chi connectivity index (χ0v) is 9.51. The third-order valence-electron chi connectivity index (χ3n) is 2.45. The number of phenolic OH excluding ortho intramolecular Hbond substituents is 1. The molecule has 18 heavy (non-hydrogen) atoms. The van der Waals surface area contributed by atoms with E-state index in [1.807, 2.05) is 30.3 Å². The van der Waals surface area contributed by atoms with E-state index in [1.165, 1.54) is 12.1 Å². The first-order valence-electron chi connectivity index (χ1n) is 5.43. The molecule has 0 unspecified atom stereocenters. The predicted molar refractivity (Wildman–Crippen MR) is 67.9 cm³/mol. The van der Waals surface area contributed by atoms with Gasteiger partial charge in [-0.2, -0.15) is 0 Å². The second kappa shape index (κ2) is 5.27. The van der Waals surface area contributed by atoms with Crippen molar-refractivity contribution < 1.29 is 14.3 Å². The molecule has 0 amide bonds. The smallest absolute Gasteiger partial charge is 0.189 e. The van der Waals surface area contributed by atoms with Gasteiger partial charge >= 0.3 is 0 Å². The normalized spacial score (nSPS) is 10.7. The SMILES string of the molecule is O=C(C=Cc1ccccc1)c1ccc(F)cc1O. The lowest BCUT2D eigenvalue weighted by Crippen LogP contribution is -1.95. The molecule has 0 aliphatic rings. The van der Waals surface area contributed by atoms with Crippen molar-refractivity contribution in [3.05, 3.63) is 71.6 Å². The highest BCUT2D eigenvalue weighted by Gasteiger charge is 2.08. The first kappa shape index (κ1) is 12.0. The number of carbonyl (C=O) groups is 1. The Morgan fingerprint density at radius 3 is 2.50 bits per heavy atom. The number of ketones is 1. The van der Waals surface area contributed by atoms with Gasteiger partial charge in [-0.3, -0.25) is 4.79 Å². The molecule has 2 aromatic carbocycles. The van der Waals surface area contributed by atoms with Crippen molar-refractivity contribution in [2.45, 2.75) is 0 Å². The Morgan fingerprint density at radius 2 is 1.83 bits per heavy atom. The lowest BCUT2D eigenvalue weighted by atomic mass is 10.1. The molecular formula is C15H11FO2. The molecule has 90 valence electrons. The Hall–Kier alpha value is -2.42. The molecule has 0 saturated carbocycles. The van der Waals surface area contributed by atoms with Crippen LogP contribution in [0.15, 0.2) is 54.6 Å². The number of benzene rings is 2. The van der Waals surface area contributed by atoms with Crippen molar-refractivity contribution in [2.24, 2.45) is 0 Å². The highest BCUT2D eigenvalue weighted by Crippen LogP contribution is 2.19. The fraction of sp³-hybridized carbons (Fsp3) is 0. The predicted octanol–water partition coefficient (Wildman–Crippen LogP) is 3.43. The number of halogens is 1. The molecule has 2 nitrogen and oxygen atoms in total. The quantitative estimate of drug-likeness (QED) is 0.661. The van der Waals surface area contributed by atoms with Crippen LogP contribution in [-0.4, -0.2) is 10.9 Å². The van der Waals surface area contributed by atoms with E-state index in [-0.39, 0.29) is 17.1 Å². The third-order valence-corrected chi connectivity index (χ3v) is 2.45. The summed E-state index contributed by atoms with van der Waals surface area (Å²) in [6.45, 7) is 0.